The van der Waals surface area contributed by atoms with Crippen LogP contribution < -0.4 is 0 Å². The highest BCUT2D eigenvalue weighted by molar-refractivity contribution is 6.73. The van der Waals surface area contributed by atoms with Gasteiger partial charge >= 0.3 is 6.18 Å². The third-order valence-electron chi connectivity index (χ3n) is 5.57. The third kappa shape index (κ3) is 4.24. The van der Waals surface area contributed by atoms with E-state index in [1.54, 1.807) is 10.6 Å². The molecular weight excluding hydrogens is 411 g/mol. The van der Waals surface area contributed by atoms with Gasteiger partial charge in [-0.2, -0.15) is 13.2 Å². The van der Waals surface area contributed by atoms with E-state index in [-0.39, 0.29) is 5.69 Å². The maximum Gasteiger partial charge on any atom is 0.451 e. The van der Waals surface area contributed by atoms with Gasteiger partial charge in [0.2, 0.25) is 11.6 Å². The summed E-state index contributed by atoms with van der Waals surface area (Å²) in [6, 6.07) is 6.31. The predicted octanol–water partition coefficient (Wildman–Crippen LogP) is 5.46. The van der Waals surface area contributed by atoms with Crippen molar-refractivity contribution in [3.63, 3.8) is 0 Å². The Hall–Kier alpha value is -2.33. The molecule has 0 amide bonds. The predicted molar refractivity (Wildman–Crippen MR) is 110 cm³/mol. The summed E-state index contributed by atoms with van der Waals surface area (Å²) in [5.74, 6) is -0.808. The van der Waals surface area contributed by atoms with Crippen LogP contribution in [-0.4, -0.2) is 32.7 Å². The van der Waals surface area contributed by atoms with E-state index >= 15 is 0 Å². The standard InChI is InChI=1S/C20H26F3N5OSi/c1-6-30(7-2,8-3)29-19(4,5)16-10-12-28-15(13-25-18(28)27-16)14-9-11-24-17(26-14)20(21,22)23/h9-13H,6-8H2,1-5H3. The number of hydrogen-bond acceptors (Lipinski definition) is 5. The molecule has 0 fully saturated rings. The Balaban J connectivity index is 1.99. The SMILES string of the molecule is CC[Si](CC)(CC)OC(C)(C)c1ccn2c(-c3ccnc(C(F)(F)F)n3)cnc2n1. The summed E-state index contributed by atoms with van der Waals surface area (Å²) >= 11 is 0. The molecule has 0 radical (unpaired) electrons. The molecule has 0 saturated heterocycles. The van der Waals surface area contributed by atoms with Crippen LogP contribution in [0.1, 0.15) is 46.1 Å². The van der Waals surface area contributed by atoms with Crippen molar-refractivity contribution in [1.29, 1.82) is 0 Å². The van der Waals surface area contributed by atoms with E-state index in [0.717, 1.165) is 30.0 Å². The molecule has 3 aromatic rings. The van der Waals surface area contributed by atoms with Crippen molar-refractivity contribution < 1.29 is 17.6 Å². The lowest BCUT2D eigenvalue weighted by molar-refractivity contribution is -0.144. The highest BCUT2D eigenvalue weighted by Crippen LogP contribution is 2.34. The van der Waals surface area contributed by atoms with Crippen LogP contribution in [0.5, 0.6) is 0 Å². The minimum atomic E-state index is -4.61. The fourth-order valence-corrected chi connectivity index (χ4v) is 6.71. The van der Waals surface area contributed by atoms with E-state index in [0.29, 0.717) is 11.5 Å². The van der Waals surface area contributed by atoms with Crippen LogP contribution in [0.2, 0.25) is 18.1 Å². The molecule has 0 bridgehead atoms. The quantitative estimate of drug-likeness (QED) is 0.459. The molecule has 0 atom stereocenters. The van der Waals surface area contributed by atoms with Gasteiger partial charge in [0, 0.05) is 12.4 Å². The van der Waals surface area contributed by atoms with Gasteiger partial charge in [-0.05, 0) is 44.1 Å². The molecule has 3 rings (SSSR count). The van der Waals surface area contributed by atoms with Crippen LogP contribution >= 0.6 is 0 Å². The molecule has 10 heteroatoms. The molecule has 0 aliphatic rings. The maximum absolute atomic E-state index is 13.0. The zero-order chi connectivity index (χ0) is 22.2. The van der Waals surface area contributed by atoms with Crippen LogP contribution in [0.25, 0.3) is 17.2 Å². The second-order valence-electron chi connectivity index (χ2n) is 7.75. The summed E-state index contributed by atoms with van der Waals surface area (Å²) in [6.07, 6.45) is -0.315. The van der Waals surface area contributed by atoms with Gasteiger partial charge in [-0.15, -0.1) is 0 Å². The van der Waals surface area contributed by atoms with E-state index in [1.165, 1.54) is 12.3 Å². The highest BCUT2D eigenvalue weighted by atomic mass is 28.4. The monoisotopic (exact) mass is 437 g/mol. The zero-order valence-electron chi connectivity index (χ0n) is 17.8. The van der Waals surface area contributed by atoms with Crippen LogP contribution in [0.15, 0.2) is 30.7 Å². The van der Waals surface area contributed by atoms with Crippen molar-refractivity contribution in [1.82, 2.24) is 24.3 Å². The first-order valence-electron chi connectivity index (χ1n) is 10.0. The molecule has 30 heavy (non-hydrogen) atoms. The number of rotatable bonds is 7. The molecule has 0 aliphatic heterocycles. The van der Waals surface area contributed by atoms with E-state index in [9.17, 15) is 13.2 Å². The lowest BCUT2D eigenvalue weighted by Crippen LogP contribution is -2.43. The molecule has 0 aromatic carbocycles. The Bertz CT molecular complexity index is 1020. The van der Waals surface area contributed by atoms with Crippen LogP contribution in [-0.2, 0) is 16.2 Å². The average molecular weight is 438 g/mol. The molecule has 0 spiro atoms. The Morgan fingerprint density at radius 2 is 1.67 bits per heavy atom. The molecule has 6 nitrogen and oxygen atoms in total. The topological polar surface area (TPSA) is 65.2 Å². The average Bonchev–Trinajstić information content (AvgIpc) is 3.15. The molecular formula is C20H26F3N5OSi. The van der Waals surface area contributed by atoms with Crippen LogP contribution in [0.4, 0.5) is 13.2 Å². The van der Waals surface area contributed by atoms with Gasteiger partial charge in [0.25, 0.3) is 0 Å². The molecule has 0 N–H and O–H groups in total. The Kier molecular flexibility index (Phi) is 6.01. The van der Waals surface area contributed by atoms with Gasteiger partial charge in [-0.1, -0.05) is 20.8 Å². The first kappa shape index (κ1) is 22.4. The van der Waals surface area contributed by atoms with Gasteiger partial charge in [-0.3, -0.25) is 4.40 Å². The number of hydrogen-bond donors (Lipinski definition) is 0. The smallest absolute Gasteiger partial charge is 0.406 e. The summed E-state index contributed by atoms with van der Waals surface area (Å²) in [7, 11) is -1.87. The number of aromatic nitrogens is 5. The van der Waals surface area contributed by atoms with Crippen LogP contribution in [0.3, 0.4) is 0 Å². The van der Waals surface area contributed by atoms with Crippen molar-refractivity contribution in [3.8, 4) is 11.4 Å². The molecule has 3 aromatic heterocycles. The maximum atomic E-state index is 13.0. The summed E-state index contributed by atoms with van der Waals surface area (Å²) in [5.41, 5.74) is 0.679. The Morgan fingerprint density at radius 1 is 1.00 bits per heavy atom. The number of fused-ring (bicyclic) bond motifs is 1. The summed E-state index contributed by atoms with van der Waals surface area (Å²) in [5, 5.41) is 0. The van der Waals surface area contributed by atoms with Gasteiger partial charge < -0.3 is 4.43 Å². The number of imidazole rings is 1. The Morgan fingerprint density at radius 3 is 2.27 bits per heavy atom. The van der Waals surface area contributed by atoms with Crippen LogP contribution in [0, 0.1) is 0 Å². The van der Waals surface area contributed by atoms with Crippen molar-refractivity contribution in [3.05, 3.63) is 42.2 Å². The molecule has 0 aliphatic carbocycles. The summed E-state index contributed by atoms with van der Waals surface area (Å²) < 4.78 is 47.1. The van der Waals surface area contributed by atoms with Gasteiger partial charge in [0.15, 0.2) is 8.32 Å². The van der Waals surface area contributed by atoms with E-state index < -0.39 is 25.9 Å². The second kappa shape index (κ2) is 8.07. The lowest BCUT2D eigenvalue weighted by Gasteiger charge is -2.37. The number of alkyl halides is 3. The minimum absolute atomic E-state index is 0.129. The first-order chi connectivity index (χ1) is 14.0. The lowest BCUT2D eigenvalue weighted by atomic mass is 10.1. The van der Waals surface area contributed by atoms with E-state index in [1.807, 2.05) is 19.9 Å². The molecule has 0 unspecified atom stereocenters. The van der Waals surface area contributed by atoms with E-state index in [4.69, 9.17) is 4.43 Å². The molecule has 162 valence electrons. The Labute approximate surface area is 174 Å². The number of halogens is 3. The van der Waals surface area contributed by atoms with E-state index in [2.05, 4.69) is 40.7 Å². The summed E-state index contributed by atoms with van der Waals surface area (Å²) in [6.45, 7) is 10.5. The molecule has 3 heterocycles. The van der Waals surface area contributed by atoms with Gasteiger partial charge in [0.1, 0.15) is 0 Å². The largest absolute Gasteiger partial charge is 0.451 e. The van der Waals surface area contributed by atoms with Crippen molar-refractivity contribution >= 4 is 14.1 Å². The highest BCUT2D eigenvalue weighted by Gasteiger charge is 2.37. The fraction of sp³-hybridized carbons (Fsp3) is 0.500. The minimum Gasteiger partial charge on any atom is -0.406 e. The van der Waals surface area contributed by atoms with Crippen molar-refractivity contribution in [2.75, 3.05) is 0 Å². The van der Waals surface area contributed by atoms with Crippen molar-refractivity contribution in [2.24, 2.45) is 0 Å². The third-order valence-corrected chi connectivity index (χ3v) is 10.4. The number of nitrogens with zero attached hydrogens (tertiary/aromatic N) is 5. The second-order valence-corrected chi connectivity index (χ2v) is 12.4. The summed E-state index contributed by atoms with van der Waals surface area (Å²) in [4.78, 5) is 15.9. The van der Waals surface area contributed by atoms with Gasteiger partial charge in [-0.25, -0.2) is 19.9 Å². The van der Waals surface area contributed by atoms with Gasteiger partial charge in [0.05, 0.1) is 28.9 Å². The fourth-order valence-electron chi connectivity index (χ4n) is 3.59. The normalized spacial score (nSPS) is 13.2. The zero-order valence-corrected chi connectivity index (χ0v) is 18.8. The molecule has 0 saturated carbocycles. The first-order valence-corrected chi connectivity index (χ1v) is 12.5. The van der Waals surface area contributed by atoms with Crippen molar-refractivity contribution in [2.45, 2.75) is 64.5 Å².